The molecular weight excluding hydrogens is 360 g/mol. The monoisotopic (exact) mass is 380 g/mol. The van der Waals surface area contributed by atoms with E-state index in [2.05, 4.69) is 10.5 Å². The van der Waals surface area contributed by atoms with E-state index in [1.165, 1.54) is 0 Å². The van der Waals surface area contributed by atoms with Gasteiger partial charge in [-0.2, -0.15) is 5.10 Å². The summed E-state index contributed by atoms with van der Waals surface area (Å²) in [5, 5.41) is 4.99. The Bertz CT molecular complexity index is 927. The largest absolute Gasteiger partial charge is 0.493 e. The standard InChI is InChI=1S/C22H21ClN2O2/c1-16-19(23)9-6-10-20(16)25-24-14-18-11-12-21(22(13-18)26-2)27-15-17-7-4-3-5-8-17/h3-14,25H,15H2,1-2H3. The van der Waals surface area contributed by atoms with Crippen LogP contribution in [0.1, 0.15) is 16.7 Å². The molecule has 0 amide bonds. The molecule has 0 atom stereocenters. The van der Waals surface area contributed by atoms with Crippen LogP contribution in [0.3, 0.4) is 0 Å². The van der Waals surface area contributed by atoms with Crippen molar-refractivity contribution < 1.29 is 9.47 Å². The molecule has 0 aliphatic heterocycles. The molecule has 0 saturated heterocycles. The van der Waals surface area contributed by atoms with Crippen molar-refractivity contribution in [2.75, 3.05) is 12.5 Å². The molecule has 138 valence electrons. The zero-order valence-electron chi connectivity index (χ0n) is 15.3. The van der Waals surface area contributed by atoms with Gasteiger partial charge >= 0.3 is 0 Å². The second kappa shape index (κ2) is 9.10. The van der Waals surface area contributed by atoms with Crippen molar-refractivity contribution in [3.05, 3.63) is 88.4 Å². The van der Waals surface area contributed by atoms with E-state index in [0.717, 1.165) is 22.4 Å². The lowest BCUT2D eigenvalue weighted by atomic mass is 10.2. The number of hydrogen-bond acceptors (Lipinski definition) is 4. The topological polar surface area (TPSA) is 42.8 Å². The Morgan fingerprint density at radius 3 is 2.59 bits per heavy atom. The highest BCUT2D eigenvalue weighted by atomic mass is 35.5. The summed E-state index contributed by atoms with van der Waals surface area (Å²) in [6, 6.07) is 21.4. The molecule has 0 radical (unpaired) electrons. The fourth-order valence-electron chi connectivity index (χ4n) is 2.52. The van der Waals surface area contributed by atoms with Crippen LogP contribution in [-0.4, -0.2) is 13.3 Å². The normalized spacial score (nSPS) is 10.8. The van der Waals surface area contributed by atoms with Gasteiger partial charge in [-0.25, -0.2) is 0 Å². The minimum atomic E-state index is 0.486. The Morgan fingerprint density at radius 1 is 1.00 bits per heavy atom. The van der Waals surface area contributed by atoms with Gasteiger partial charge in [0.2, 0.25) is 0 Å². The number of ether oxygens (including phenoxy) is 2. The van der Waals surface area contributed by atoms with E-state index in [4.69, 9.17) is 21.1 Å². The van der Waals surface area contributed by atoms with Crippen LogP contribution in [0.15, 0.2) is 71.8 Å². The Labute approximate surface area is 164 Å². The SMILES string of the molecule is COc1cc(C=NNc2cccc(Cl)c2C)ccc1OCc1ccccc1. The number of methoxy groups -OCH3 is 1. The van der Waals surface area contributed by atoms with Crippen LogP contribution in [0.2, 0.25) is 5.02 Å². The smallest absolute Gasteiger partial charge is 0.161 e. The van der Waals surface area contributed by atoms with E-state index in [1.807, 2.05) is 73.7 Å². The van der Waals surface area contributed by atoms with E-state index in [9.17, 15) is 0 Å². The molecule has 0 saturated carbocycles. The van der Waals surface area contributed by atoms with Gasteiger partial charge < -0.3 is 9.47 Å². The van der Waals surface area contributed by atoms with Crippen LogP contribution in [0.4, 0.5) is 5.69 Å². The van der Waals surface area contributed by atoms with Gasteiger partial charge in [0.15, 0.2) is 11.5 Å². The summed E-state index contributed by atoms with van der Waals surface area (Å²) in [4.78, 5) is 0. The molecule has 0 aliphatic carbocycles. The number of nitrogens with one attached hydrogen (secondary N) is 1. The summed E-state index contributed by atoms with van der Waals surface area (Å²) in [6.45, 7) is 2.43. The lowest BCUT2D eigenvalue weighted by Crippen LogP contribution is -1.98. The quantitative estimate of drug-likeness (QED) is 0.423. The number of benzene rings is 3. The number of nitrogens with zero attached hydrogens (tertiary/aromatic N) is 1. The van der Waals surface area contributed by atoms with Gasteiger partial charge in [0.05, 0.1) is 19.0 Å². The van der Waals surface area contributed by atoms with Crippen molar-refractivity contribution in [2.45, 2.75) is 13.5 Å². The van der Waals surface area contributed by atoms with E-state index < -0.39 is 0 Å². The average Bonchev–Trinajstić information content (AvgIpc) is 2.70. The van der Waals surface area contributed by atoms with Crippen LogP contribution in [0.5, 0.6) is 11.5 Å². The maximum Gasteiger partial charge on any atom is 0.161 e. The van der Waals surface area contributed by atoms with Gasteiger partial charge in [-0.15, -0.1) is 0 Å². The summed E-state index contributed by atoms with van der Waals surface area (Å²) >= 11 is 6.12. The van der Waals surface area contributed by atoms with Gasteiger partial charge in [0.1, 0.15) is 6.61 Å². The molecule has 0 aromatic heterocycles. The van der Waals surface area contributed by atoms with E-state index in [1.54, 1.807) is 13.3 Å². The first-order valence-corrected chi connectivity index (χ1v) is 8.94. The van der Waals surface area contributed by atoms with Crippen molar-refractivity contribution in [3.8, 4) is 11.5 Å². The molecule has 0 bridgehead atoms. The number of rotatable bonds is 7. The summed E-state index contributed by atoms with van der Waals surface area (Å²) in [6.07, 6.45) is 1.73. The van der Waals surface area contributed by atoms with Crippen LogP contribution in [0, 0.1) is 6.92 Å². The maximum atomic E-state index is 6.12. The third kappa shape index (κ3) is 5.02. The second-order valence-corrected chi connectivity index (χ2v) is 6.37. The van der Waals surface area contributed by atoms with Crippen molar-refractivity contribution in [1.29, 1.82) is 0 Å². The average molecular weight is 381 g/mol. The van der Waals surface area contributed by atoms with Crippen LogP contribution < -0.4 is 14.9 Å². The van der Waals surface area contributed by atoms with Crippen LogP contribution in [0.25, 0.3) is 0 Å². The second-order valence-electron chi connectivity index (χ2n) is 5.97. The highest BCUT2D eigenvalue weighted by Crippen LogP contribution is 2.28. The fourth-order valence-corrected chi connectivity index (χ4v) is 2.70. The van der Waals surface area contributed by atoms with Gasteiger partial charge in [0.25, 0.3) is 0 Å². The Morgan fingerprint density at radius 2 is 1.81 bits per heavy atom. The minimum Gasteiger partial charge on any atom is -0.493 e. The first-order chi connectivity index (χ1) is 13.2. The predicted molar refractivity (Wildman–Crippen MR) is 111 cm³/mol. The summed E-state index contributed by atoms with van der Waals surface area (Å²) in [5.74, 6) is 1.35. The molecule has 0 unspecified atom stereocenters. The highest BCUT2D eigenvalue weighted by molar-refractivity contribution is 6.31. The Kier molecular flexibility index (Phi) is 6.34. The van der Waals surface area contributed by atoms with E-state index >= 15 is 0 Å². The molecule has 27 heavy (non-hydrogen) atoms. The maximum absolute atomic E-state index is 6.12. The van der Waals surface area contributed by atoms with Crippen molar-refractivity contribution in [3.63, 3.8) is 0 Å². The number of hydrogen-bond donors (Lipinski definition) is 1. The fraction of sp³-hybridized carbons (Fsp3) is 0.136. The summed E-state index contributed by atoms with van der Waals surface area (Å²) < 4.78 is 11.3. The van der Waals surface area contributed by atoms with Crippen molar-refractivity contribution in [2.24, 2.45) is 5.10 Å². The molecule has 3 rings (SSSR count). The van der Waals surface area contributed by atoms with Crippen molar-refractivity contribution in [1.82, 2.24) is 0 Å². The van der Waals surface area contributed by atoms with Gasteiger partial charge in [-0.1, -0.05) is 48.0 Å². The predicted octanol–water partition coefficient (Wildman–Crippen LogP) is 5.68. The Hall–Kier alpha value is -2.98. The number of anilines is 1. The van der Waals surface area contributed by atoms with Crippen LogP contribution in [-0.2, 0) is 6.61 Å². The number of hydrazone groups is 1. The lowest BCUT2D eigenvalue weighted by molar-refractivity contribution is 0.284. The third-order valence-corrected chi connectivity index (χ3v) is 4.50. The molecule has 0 aliphatic rings. The molecule has 0 heterocycles. The summed E-state index contributed by atoms with van der Waals surface area (Å²) in [5.41, 5.74) is 6.84. The summed E-state index contributed by atoms with van der Waals surface area (Å²) in [7, 11) is 1.62. The molecule has 4 nitrogen and oxygen atoms in total. The minimum absolute atomic E-state index is 0.486. The lowest BCUT2D eigenvalue weighted by Gasteiger charge is -2.11. The molecule has 0 spiro atoms. The van der Waals surface area contributed by atoms with E-state index in [0.29, 0.717) is 23.1 Å². The number of halogens is 1. The van der Waals surface area contributed by atoms with Gasteiger partial charge in [-0.05, 0) is 53.9 Å². The first-order valence-electron chi connectivity index (χ1n) is 8.56. The molecule has 3 aromatic rings. The first kappa shape index (κ1) is 18.8. The zero-order valence-corrected chi connectivity index (χ0v) is 16.0. The van der Waals surface area contributed by atoms with Gasteiger partial charge in [-0.3, -0.25) is 5.43 Å². The molecule has 0 fully saturated rings. The zero-order chi connectivity index (χ0) is 19.1. The highest BCUT2D eigenvalue weighted by Gasteiger charge is 2.06. The van der Waals surface area contributed by atoms with E-state index in [-0.39, 0.29) is 0 Å². The third-order valence-electron chi connectivity index (χ3n) is 4.09. The van der Waals surface area contributed by atoms with Crippen LogP contribution >= 0.6 is 11.6 Å². The van der Waals surface area contributed by atoms with Crippen molar-refractivity contribution >= 4 is 23.5 Å². The molecule has 3 aromatic carbocycles. The molecule has 1 N–H and O–H groups in total. The van der Waals surface area contributed by atoms with Gasteiger partial charge in [0, 0.05) is 5.02 Å². The molecular formula is C22H21ClN2O2. The Balaban J connectivity index is 1.67. The molecule has 5 heteroatoms.